The van der Waals surface area contributed by atoms with Crippen LogP contribution in [0, 0.1) is 0 Å². The fraction of sp³-hybridized carbons (Fsp3) is 0.611. The Kier molecular flexibility index (Phi) is 5.61. The molecule has 7 heteroatoms. The first-order valence-corrected chi connectivity index (χ1v) is 9.93. The van der Waals surface area contributed by atoms with Crippen molar-refractivity contribution >= 4 is 15.9 Å². The van der Waals surface area contributed by atoms with Crippen molar-refractivity contribution in [1.29, 1.82) is 0 Å². The fourth-order valence-electron chi connectivity index (χ4n) is 3.00. The number of carbonyl (C=O) groups is 1. The van der Waals surface area contributed by atoms with Gasteiger partial charge in [0.05, 0.1) is 16.6 Å². The van der Waals surface area contributed by atoms with Gasteiger partial charge in [-0.25, -0.2) is 8.42 Å². The van der Waals surface area contributed by atoms with E-state index in [4.69, 9.17) is 4.74 Å². The number of amides is 1. The number of benzene rings is 1. The smallest absolute Gasteiger partial charge is 0.254 e. The molecular weight excluding hydrogens is 340 g/mol. The third-order valence-corrected chi connectivity index (χ3v) is 6.41. The Hall–Kier alpha value is -1.44. The molecule has 140 valence electrons. The van der Waals surface area contributed by atoms with E-state index in [2.05, 4.69) is 0 Å². The maximum Gasteiger partial charge on any atom is 0.254 e. The van der Waals surface area contributed by atoms with Crippen molar-refractivity contribution in [1.82, 2.24) is 9.21 Å². The Morgan fingerprint density at radius 1 is 1.28 bits per heavy atom. The molecular formula is C18H28N2O4S. The molecule has 1 fully saturated rings. The lowest BCUT2D eigenvalue weighted by Gasteiger charge is -2.41. The topological polar surface area (TPSA) is 66.9 Å². The van der Waals surface area contributed by atoms with Crippen LogP contribution >= 0.6 is 0 Å². The second kappa shape index (κ2) is 7.05. The molecule has 0 bridgehead atoms. The summed E-state index contributed by atoms with van der Waals surface area (Å²) in [4.78, 5) is 14.7. The highest BCUT2D eigenvalue weighted by Crippen LogP contribution is 2.23. The molecule has 1 amide bonds. The summed E-state index contributed by atoms with van der Waals surface area (Å²) < 4.78 is 32.1. The van der Waals surface area contributed by atoms with E-state index in [-0.39, 0.29) is 22.9 Å². The summed E-state index contributed by atoms with van der Waals surface area (Å²) in [5.74, 6) is -0.107. The third-order valence-electron chi connectivity index (χ3n) is 4.36. The van der Waals surface area contributed by atoms with Crippen molar-refractivity contribution in [2.45, 2.75) is 57.3 Å². The molecule has 1 aliphatic heterocycles. The molecule has 1 aliphatic rings. The number of rotatable bonds is 4. The van der Waals surface area contributed by atoms with Crippen molar-refractivity contribution in [2.24, 2.45) is 0 Å². The Morgan fingerprint density at radius 3 is 2.32 bits per heavy atom. The van der Waals surface area contributed by atoms with Gasteiger partial charge >= 0.3 is 0 Å². The monoisotopic (exact) mass is 368 g/mol. The number of sulfonamides is 1. The minimum Gasteiger partial charge on any atom is -0.369 e. The van der Waals surface area contributed by atoms with Gasteiger partial charge in [-0.3, -0.25) is 4.79 Å². The molecule has 6 nitrogen and oxygen atoms in total. The molecule has 0 aromatic heterocycles. The minimum atomic E-state index is -3.54. The van der Waals surface area contributed by atoms with E-state index in [9.17, 15) is 13.2 Å². The van der Waals surface area contributed by atoms with Gasteiger partial charge in [-0.2, -0.15) is 4.31 Å². The number of carbonyl (C=O) groups excluding carboxylic acids is 1. The van der Waals surface area contributed by atoms with Crippen LogP contribution in [0.5, 0.6) is 0 Å². The lowest BCUT2D eigenvalue weighted by molar-refractivity contribution is -0.118. The second-order valence-electron chi connectivity index (χ2n) is 7.51. The molecule has 1 aromatic rings. The van der Waals surface area contributed by atoms with Gasteiger partial charge in [0.15, 0.2) is 0 Å². The normalized spacial score (nSPS) is 21.0. The summed E-state index contributed by atoms with van der Waals surface area (Å²) in [6, 6.07) is 6.02. The van der Waals surface area contributed by atoms with Gasteiger partial charge in [-0.15, -0.1) is 0 Å². The average Bonchev–Trinajstić information content (AvgIpc) is 2.51. The second-order valence-corrected chi connectivity index (χ2v) is 9.51. The number of hydrogen-bond donors (Lipinski definition) is 0. The molecule has 0 saturated carbocycles. The predicted octanol–water partition coefficient (Wildman–Crippen LogP) is 2.35. The first kappa shape index (κ1) is 19.9. The van der Waals surface area contributed by atoms with Crippen molar-refractivity contribution in [3.05, 3.63) is 29.8 Å². The molecule has 1 atom stereocenters. The van der Waals surface area contributed by atoms with Crippen LogP contribution in [0.4, 0.5) is 0 Å². The molecule has 0 spiro atoms. The standard InChI is InChI=1S/C18H28N2O4S/c1-13(2)19(6)25(22,23)16-9-7-15(8-10-16)17(21)20-11-14(3)24-18(4,5)12-20/h7-10,13-14H,11-12H2,1-6H3. The Bertz CT molecular complexity index is 726. The van der Waals surface area contributed by atoms with Gasteiger partial charge in [0.2, 0.25) is 10.0 Å². The maximum atomic E-state index is 12.7. The first-order chi connectivity index (χ1) is 11.4. The quantitative estimate of drug-likeness (QED) is 0.818. The molecule has 1 heterocycles. The van der Waals surface area contributed by atoms with E-state index >= 15 is 0 Å². The highest BCUT2D eigenvalue weighted by Gasteiger charge is 2.34. The van der Waals surface area contributed by atoms with Gasteiger partial charge in [0.1, 0.15) is 0 Å². The lowest BCUT2D eigenvalue weighted by Crippen LogP contribution is -2.53. The molecule has 0 N–H and O–H groups in total. The first-order valence-electron chi connectivity index (χ1n) is 8.49. The maximum absolute atomic E-state index is 12.7. The number of hydrogen-bond acceptors (Lipinski definition) is 4. The van der Waals surface area contributed by atoms with Crippen LogP contribution in [0.2, 0.25) is 0 Å². The number of nitrogens with zero attached hydrogens (tertiary/aromatic N) is 2. The van der Waals surface area contributed by atoms with Crippen molar-refractivity contribution < 1.29 is 17.9 Å². The zero-order valence-electron chi connectivity index (χ0n) is 15.8. The van der Waals surface area contributed by atoms with Gasteiger partial charge in [0, 0.05) is 31.7 Å². The minimum absolute atomic E-state index is 0.0351. The summed E-state index contributed by atoms with van der Waals surface area (Å²) in [6.07, 6.45) is -0.0351. The van der Waals surface area contributed by atoms with Crippen LogP contribution in [0.25, 0.3) is 0 Å². The van der Waals surface area contributed by atoms with Crippen LogP contribution in [0.15, 0.2) is 29.2 Å². The predicted molar refractivity (Wildman–Crippen MR) is 97.1 cm³/mol. The SMILES string of the molecule is CC1CN(C(=O)c2ccc(S(=O)(=O)N(C)C(C)C)cc2)CC(C)(C)O1. The van der Waals surface area contributed by atoms with Crippen LogP contribution < -0.4 is 0 Å². The molecule has 25 heavy (non-hydrogen) atoms. The fourth-order valence-corrected chi connectivity index (χ4v) is 4.37. The summed E-state index contributed by atoms with van der Waals surface area (Å²) in [5, 5.41) is 0. The highest BCUT2D eigenvalue weighted by atomic mass is 32.2. The third kappa shape index (κ3) is 4.40. The molecule has 1 saturated heterocycles. The zero-order valence-corrected chi connectivity index (χ0v) is 16.6. The summed E-state index contributed by atoms with van der Waals surface area (Å²) in [5.41, 5.74) is 0.0902. The van der Waals surface area contributed by atoms with E-state index in [0.29, 0.717) is 18.7 Å². The number of ether oxygens (including phenoxy) is 1. The van der Waals surface area contributed by atoms with Crippen molar-refractivity contribution in [3.8, 4) is 0 Å². The summed E-state index contributed by atoms with van der Waals surface area (Å²) >= 11 is 0. The molecule has 2 rings (SSSR count). The molecule has 1 aromatic carbocycles. The van der Waals surface area contributed by atoms with E-state index in [0.717, 1.165) is 0 Å². The Morgan fingerprint density at radius 2 is 1.84 bits per heavy atom. The Labute approximate surface area is 150 Å². The lowest BCUT2D eigenvalue weighted by atomic mass is 10.0. The van der Waals surface area contributed by atoms with Gasteiger partial charge in [-0.1, -0.05) is 0 Å². The molecule has 0 radical (unpaired) electrons. The van der Waals surface area contributed by atoms with Crippen LogP contribution in [0.1, 0.15) is 45.0 Å². The van der Waals surface area contributed by atoms with Crippen molar-refractivity contribution in [2.75, 3.05) is 20.1 Å². The van der Waals surface area contributed by atoms with Crippen molar-refractivity contribution in [3.63, 3.8) is 0 Å². The zero-order chi connectivity index (χ0) is 19.0. The van der Waals surface area contributed by atoms with Gasteiger partial charge in [0.25, 0.3) is 5.91 Å². The average molecular weight is 368 g/mol. The largest absolute Gasteiger partial charge is 0.369 e. The van der Waals surface area contributed by atoms with Crippen LogP contribution in [0.3, 0.4) is 0 Å². The number of morpholine rings is 1. The van der Waals surface area contributed by atoms with E-state index in [1.165, 1.54) is 16.4 Å². The van der Waals surface area contributed by atoms with E-state index < -0.39 is 15.6 Å². The summed E-state index contributed by atoms with van der Waals surface area (Å²) in [6.45, 7) is 10.5. The van der Waals surface area contributed by atoms with Gasteiger partial charge < -0.3 is 9.64 Å². The molecule has 0 aliphatic carbocycles. The van der Waals surface area contributed by atoms with E-state index in [1.807, 2.05) is 34.6 Å². The Balaban J connectivity index is 2.21. The molecule has 1 unspecified atom stereocenters. The highest BCUT2D eigenvalue weighted by molar-refractivity contribution is 7.89. The van der Waals surface area contributed by atoms with E-state index in [1.54, 1.807) is 24.1 Å². The van der Waals surface area contributed by atoms with Gasteiger partial charge in [-0.05, 0) is 58.9 Å². The summed E-state index contributed by atoms with van der Waals surface area (Å²) in [7, 11) is -1.99. The van der Waals surface area contributed by atoms with Crippen LogP contribution in [-0.4, -0.2) is 61.4 Å². The van der Waals surface area contributed by atoms with Crippen LogP contribution in [-0.2, 0) is 14.8 Å².